The van der Waals surface area contributed by atoms with Crippen molar-refractivity contribution in [1.82, 2.24) is 9.97 Å². The van der Waals surface area contributed by atoms with E-state index in [0.29, 0.717) is 23.0 Å². The quantitative estimate of drug-likeness (QED) is 0.572. The molecule has 1 heterocycles. The molecule has 150 valence electrons. The van der Waals surface area contributed by atoms with Crippen molar-refractivity contribution in [2.45, 2.75) is 33.1 Å². The maximum absolute atomic E-state index is 11.6. The summed E-state index contributed by atoms with van der Waals surface area (Å²) in [6, 6.07) is 17.2. The fourth-order valence-corrected chi connectivity index (χ4v) is 2.85. The molecule has 29 heavy (non-hydrogen) atoms. The van der Waals surface area contributed by atoms with E-state index in [-0.39, 0.29) is 11.4 Å². The minimum atomic E-state index is -0.363. The van der Waals surface area contributed by atoms with E-state index in [1.54, 1.807) is 12.1 Å². The number of carbonyl (C=O) groups is 1. The number of aromatic nitrogens is 2. The summed E-state index contributed by atoms with van der Waals surface area (Å²) >= 11 is 0. The van der Waals surface area contributed by atoms with Crippen LogP contribution in [0.3, 0.4) is 0 Å². The summed E-state index contributed by atoms with van der Waals surface area (Å²) in [6.07, 6.45) is 0. The summed E-state index contributed by atoms with van der Waals surface area (Å²) in [7, 11) is 1.36. The van der Waals surface area contributed by atoms with E-state index < -0.39 is 0 Å². The molecule has 0 unspecified atom stereocenters. The molecule has 0 saturated carbocycles. The van der Waals surface area contributed by atoms with Gasteiger partial charge in [0.25, 0.3) is 0 Å². The first-order valence-corrected chi connectivity index (χ1v) is 9.43. The maximum Gasteiger partial charge on any atom is 0.337 e. The van der Waals surface area contributed by atoms with Crippen LogP contribution < -0.4 is 10.6 Å². The van der Waals surface area contributed by atoms with Crippen molar-refractivity contribution < 1.29 is 9.53 Å². The zero-order valence-corrected chi connectivity index (χ0v) is 17.4. The molecule has 0 aliphatic carbocycles. The Morgan fingerprint density at radius 3 is 1.79 bits per heavy atom. The topological polar surface area (TPSA) is 76.1 Å². The Labute approximate surface area is 171 Å². The molecule has 6 heteroatoms. The summed E-state index contributed by atoms with van der Waals surface area (Å²) in [6.45, 7) is 8.43. The Morgan fingerprint density at radius 2 is 1.34 bits per heavy atom. The average Bonchev–Trinajstić information content (AvgIpc) is 2.67. The number of nitrogens with zero attached hydrogens (tertiary/aromatic N) is 2. The smallest absolute Gasteiger partial charge is 0.337 e. The third kappa shape index (κ3) is 5.31. The molecule has 2 N–H and O–H groups in total. The largest absolute Gasteiger partial charge is 0.465 e. The van der Waals surface area contributed by atoms with Crippen LogP contribution in [0.4, 0.5) is 23.0 Å². The van der Waals surface area contributed by atoms with Gasteiger partial charge in [0, 0.05) is 17.4 Å². The lowest BCUT2D eigenvalue weighted by atomic mass is 9.87. The standard InChI is InChI=1S/C23H26N4O2/c1-15-24-20(26-18-10-6-16(7-11-18)22(28)29-5)14-21(25-15)27-19-12-8-17(9-13-19)23(2,3)4/h6-14H,1-5H3,(H2,24,25,26,27). The van der Waals surface area contributed by atoms with E-state index in [1.165, 1.54) is 12.7 Å². The molecule has 0 spiro atoms. The third-order valence-corrected chi connectivity index (χ3v) is 4.44. The monoisotopic (exact) mass is 390 g/mol. The molecule has 0 bridgehead atoms. The van der Waals surface area contributed by atoms with Crippen molar-refractivity contribution >= 4 is 29.0 Å². The van der Waals surface area contributed by atoms with Crippen LogP contribution in [-0.4, -0.2) is 23.0 Å². The second-order valence-electron chi connectivity index (χ2n) is 7.83. The Bertz CT molecular complexity index is 991. The lowest BCUT2D eigenvalue weighted by Gasteiger charge is -2.19. The first kappa shape index (κ1) is 20.3. The molecule has 0 aliphatic rings. The number of anilines is 4. The predicted octanol–water partition coefficient (Wildman–Crippen LogP) is 5.36. The number of ether oxygens (including phenoxy) is 1. The molecular formula is C23H26N4O2. The van der Waals surface area contributed by atoms with Gasteiger partial charge in [0.2, 0.25) is 0 Å². The molecule has 0 aliphatic heterocycles. The van der Waals surface area contributed by atoms with Gasteiger partial charge in [-0.15, -0.1) is 0 Å². The van der Waals surface area contributed by atoms with Gasteiger partial charge in [-0.25, -0.2) is 14.8 Å². The van der Waals surface area contributed by atoms with Crippen LogP contribution in [0.15, 0.2) is 54.6 Å². The highest BCUT2D eigenvalue weighted by Gasteiger charge is 2.13. The Morgan fingerprint density at radius 1 is 0.862 bits per heavy atom. The second-order valence-corrected chi connectivity index (χ2v) is 7.83. The zero-order chi connectivity index (χ0) is 21.0. The van der Waals surface area contributed by atoms with E-state index in [0.717, 1.165) is 11.4 Å². The number of hydrogen-bond donors (Lipinski definition) is 2. The molecule has 2 aromatic carbocycles. The molecule has 0 saturated heterocycles. The number of aryl methyl sites for hydroxylation is 1. The van der Waals surface area contributed by atoms with Crippen LogP contribution in [0.2, 0.25) is 0 Å². The van der Waals surface area contributed by atoms with Gasteiger partial charge in [0.1, 0.15) is 17.5 Å². The number of nitrogens with one attached hydrogen (secondary N) is 2. The Hall–Kier alpha value is -3.41. The summed E-state index contributed by atoms with van der Waals surface area (Å²) in [4.78, 5) is 20.5. The highest BCUT2D eigenvalue weighted by molar-refractivity contribution is 5.89. The number of esters is 1. The van der Waals surface area contributed by atoms with Crippen molar-refractivity contribution in [3.63, 3.8) is 0 Å². The van der Waals surface area contributed by atoms with Crippen molar-refractivity contribution in [2.24, 2.45) is 0 Å². The van der Waals surface area contributed by atoms with Crippen LogP contribution in [-0.2, 0) is 10.2 Å². The number of carbonyl (C=O) groups excluding carboxylic acids is 1. The van der Waals surface area contributed by atoms with E-state index >= 15 is 0 Å². The summed E-state index contributed by atoms with van der Waals surface area (Å²) < 4.78 is 4.72. The molecule has 6 nitrogen and oxygen atoms in total. The van der Waals surface area contributed by atoms with Crippen molar-refractivity contribution in [3.8, 4) is 0 Å². The lowest BCUT2D eigenvalue weighted by molar-refractivity contribution is 0.0601. The van der Waals surface area contributed by atoms with Crippen LogP contribution in [0.25, 0.3) is 0 Å². The number of benzene rings is 2. The normalized spacial score (nSPS) is 11.1. The maximum atomic E-state index is 11.6. The fraction of sp³-hybridized carbons (Fsp3) is 0.261. The van der Waals surface area contributed by atoms with Gasteiger partial charge in [-0.2, -0.15) is 0 Å². The molecule has 0 amide bonds. The average molecular weight is 390 g/mol. The molecule has 3 aromatic rings. The van der Waals surface area contributed by atoms with Crippen LogP contribution in [0.5, 0.6) is 0 Å². The molecule has 3 rings (SSSR count). The SMILES string of the molecule is COC(=O)c1ccc(Nc2cc(Nc3ccc(C(C)(C)C)cc3)nc(C)n2)cc1. The van der Waals surface area contributed by atoms with E-state index in [4.69, 9.17) is 4.74 Å². The fourth-order valence-electron chi connectivity index (χ4n) is 2.85. The predicted molar refractivity (Wildman–Crippen MR) is 116 cm³/mol. The van der Waals surface area contributed by atoms with Gasteiger partial charge in [0.05, 0.1) is 12.7 Å². The van der Waals surface area contributed by atoms with Crippen LogP contribution in [0, 0.1) is 6.92 Å². The summed E-state index contributed by atoms with van der Waals surface area (Å²) in [5.41, 5.74) is 3.67. The summed E-state index contributed by atoms with van der Waals surface area (Å²) in [5, 5.41) is 6.57. The van der Waals surface area contributed by atoms with Crippen molar-refractivity contribution in [2.75, 3.05) is 17.7 Å². The lowest BCUT2D eigenvalue weighted by Crippen LogP contribution is -2.10. The zero-order valence-electron chi connectivity index (χ0n) is 17.4. The van der Waals surface area contributed by atoms with Gasteiger partial charge >= 0.3 is 5.97 Å². The highest BCUT2D eigenvalue weighted by atomic mass is 16.5. The first-order valence-electron chi connectivity index (χ1n) is 9.43. The van der Waals surface area contributed by atoms with Crippen LogP contribution >= 0.6 is 0 Å². The number of hydrogen-bond acceptors (Lipinski definition) is 6. The molecule has 0 atom stereocenters. The van der Waals surface area contributed by atoms with Crippen molar-refractivity contribution in [1.29, 1.82) is 0 Å². The van der Waals surface area contributed by atoms with E-state index in [2.05, 4.69) is 65.6 Å². The second kappa shape index (κ2) is 8.31. The van der Waals surface area contributed by atoms with Gasteiger partial charge in [-0.05, 0) is 54.3 Å². The highest BCUT2D eigenvalue weighted by Crippen LogP contribution is 2.25. The Balaban J connectivity index is 1.75. The van der Waals surface area contributed by atoms with Gasteiger partial charge < -0.3 is 15.4 Å². The molecular weight excluding hydrogens is 364 g/mol. The van der Waals surface area contributed by atoms with Gasteiger partial charge in [0.15, 0.2) is 0 Å². The van der Waals surface area contributed by atoms with Crippen LogP contribution in [0.1, 0.15) is 42.5 Å². The van der Waals surface area contributed by atoms with Crippen molar-refractivity contribution in [3.05, 3.63) is 71.5 Å². The summed E-state index contributed by atoms with van der Waals surface area (Å²) in [5.74, 6) is 1.65. The minimum Gasteiger partial charge on any atom is -0.465 e. The molecule has 0 fully saturated rings. The van der Waals surface area contributed by atoms with Gasteiger partial charge in [-0.3, -0.25) is 0 Å². The van der Waals surface area contributed by atoms with E-state index in [1.807, 2.05) is 25.1 Å². The molecule has 1 aromatic heterocycles. The van der Waals surface area contributed by atoms with E-state index in [9.17, 15) is 4.79 Å². The minimum absolute atomic E-state index is 0.116. The molecule has 0 radical (unpaired) electrons. The number of rotatable bonds is 5. The third-order valence-electron chi connectivity index (χ3n) is 4.44. The number of methoxy groups -OCH3 is 1. The first-order chi connectivity index (χ1) is 13.7. The van der Waals surface area contributed by atoms with Gasteiger partial charge in [-0.1, -0.05) is 32.9 Å². The Kier molecular flexibility index (Phi) is 5.82.